The number of benzene rings is 1. The first-order valence-electron chi connectivity index (χ1n) is 7.63. The van der Waals surface area contributed by atoms with Crippen LogP contribution in [0.5, 0.6) is 0 Å². The lowest BCUT2D eigenvalue weighted by Gasteiger charge is -2.26. The van der Waals surface area contributed by atoms with Gasteiger partial charge in [0.15, 0.2) is 0 Å². The highest BCUT2D eigenvalue weighted by Crippen LogP contribution is 2.32. The second-order valence-corrected chi connectivity index (χ2v) is 6.73. The fourth-order valence-corrected chi connectivity index (χ4v) is 3.71. The molecule has 1 N–H and O–H groups in total. The molecular weight excluding hydrogens is 346 g/mol. The van der Waals surface area contributed by atoms with Gasteiger partial charge in [-0.15, -0.1) is 0 Å². The second kappa shape index (κ2) is 6.38. The van der Waals surface area contributed by atoms with E-state index in [0.29, 0.717) is 13.0 Å². The van der Waals surface area contributed by atoms with Crippen molar-refractivity contribution in [1.29, 1.82) is 0 Å². The molecule has 2 fully saturated rings. The van der Waals surface area contributed by atoms with Crippen molar-refractivity contribution in [3.63, 3.8) is 0 Å². The third-order valence-electron chi connectivity index (χ3n) is 4.58. The summed E-state index contributed by atoms with van der Waals surface area (Å²) in [6, 6.07) is 7.84. The van der Waals surface area contributed by atoms with Crippen LogP contribution in [0.25, 0.3) is 0 Å². The van der Waals surface area contributed by atoms with E-state index >= 15 is 0 Å². The summed E-state index contributed by atoms with van der Waals surface area (Å²) in [5.74, 6) is -0.680. The van der Waals surface area contributed by atoms with Gasteiger partial charge < -0.3 is 15.1 Å². The topological polar surface area (TPSA) is 52.7 Å². The first-order chi connectivity index (χ1) is 10.6. The van der Waals surface area contributed by atoms with Gasteiger partial charge in [-0.2, -0.15) is 0 Å². The molecule has 1 aromatic carbocycles. The van der Waals surface area contributed by atoms with Gasteiger partial charge in [0, 0.05) is 30.7 Å². The molecule has 2 saturated heterocycles. The van der Waals surface area contributed by atoms with Gasteiger partial charge in [-0.25, -0.2) is 0 Å². The molecule has 0 radical (unpaired) electrons. The predicted octanol–water partition coefficient (Wildman–Crippen LogP) is 1.62. The standard InChI is InChI=1S/C16H20BrN3O2/c1-19(11-6-8-18-10-11)15(21)12-7-9-20(16(12)22)14-5-3-2-4-13(14)17/h2-5,11-12,18H,6-10H2,1H3. The Hall–Kier alpha value is -1.40. The molecule has 6 heteroatoms. The molecule has 2 aliphatic heterocycles. The van der Waals surface area contributed by atoms with Crippen LogP contribution in [0.2, 0.25) is 0 Å². The molecule has 0 saturated carbocycles. The van der Waals surface area contributed by atoms with Gasteiger partial charge in [-0.05, 0) is 47.4 Å². The zero-order valence-electron chi connectivity index (χ0n) is 12.6. The van der Waals surface area contributed by atoms with Crippen molar-refractivity contribution in [2.45, 2.75) is 18.9 Å². The van der Waals surface area contributed by atoms with E-state index in [1.165, 1.54) is 0 Å². The predicted molar refractivity (Wildman–Crippen MR) is 88.6 cm³/mol. The molecule has 0 aromatic heterocycles. The van der Waals surface area contributed by atoms with Crippen LogP contribution in [0.4, 0.5) is 5.69 Å². The number of rotatable bonds is 3. The summed E-state index contributed by atoms with van der Waals surface area (Å²) in [7, 11) is 1.81. The zero-order chi connectivity index (χ0) is 15.7. The summed E-state index contributed by atoms with van der Waals surface area (Å²) < 4.78 is 0.879. The van der Waals surface area contributed by atoms with Crippen LogP contribution in [0.1, 0.15) is 12.8 Å². The molecule has 2 aliphatic rings. The monoisotopic (exact) mass is 365 g/mol. The smallest absolute Gasteiger partial charge is 0.239 e. The largest absolute Gasteiger partial charge is 0.341 e. The van der Waals surface area contributed by atoms with Crippen LogP contribution in [0.15, 0.2) is 28.7 Å². The summed E-state index contributed by atoms with van der Waals surface area (Å²) in [5, 5.41) is 3.26. The fraction of sp³-hybridized carbons (Fsp3) is 0.500. The van der Waals surface area contributed by atoms with Crippen LogP contribution in [-0.2, 0) is 9.59 Å². The molecule has 2 unspecified atom stereocenters. The van der Waals surface area contributed by atoms with Gasteiger partial charge >= 0.3 is 0 Å². The number of likely N-dealkylation sites (N-methyl/N-ethyl adjacent to an activating group) is 1. The maximum atomic E-state index is 12.7. The summed E-state index contributed by atoms with van der Waals surface area (Å²) >= 11 is 3.48. The van der Waals surface area contributed by atoms with Crippen molar-refractivity contribution in [3.8, 4) is 0 Å². The highest BCUT2D eigenvalue weighted by molar-refractivity contribution is 9.10. The van der Waals surface area contributed by atoms with E-state index < -0.39 is 5.92 Å². The zero-order valence-corrected chi connectivity index (χ0v) is 14.2. The van der Waals surface area contributed by atoms with Crippen molar-refractivity contribution >= 4 is 33.4 Å². The van der Waals surface area contributed by atoms with Gasteiger partial charge in [0.1, 0.15) is 5.92 Å². The van der Waals surface area contributed by atoms with Gasteiger partial charge in [0.25, 0.3) is 0 Å². The molecular formula is C16H20BrN3O2. The molecule has 3 rings (SSSR count). The first-order valence-corrected chi connectivity index (χ1v) is 8.42. The number of anilines is 1. The summed E-state index contributed by atoms with van der Waals surface area (Å²) in [5.41, 5.74) is 0.841. The molecule has 2 heterocycles. The Bertz CT molecular complexity index is 587. The quantitative estimate of drug-likeness (QED) is 0.828. The third kappa shape index (κ3) is 2.77. The lowest BCUT2D eigenvalue weighted by atomic mass is 10.1. The number of para-hydroxylation sites is 1. The lowest BCUT2D eigenvalue weighted by molar-refractivity contribution is -0.140. The van der Waals surface area contributed by atoms with Crippen molar-refractivity contribution in [1.82, 2.24) is 10.2 Å². The number of amides is 2. The maximum absolute atomic E-state index is 12.7. The average Bonchev–Trinajstić information content (AvgIpc) is 3.16. The Kier molecular flexibility index (Phi) is 4.49. The highest BCUT2D eigenvalue weighted by Gasteiger charge is 2.40. The average molecular weight is 366 g/mol. The van der Waals surface area contributed by atoms with Crippen LogP contribution < -0.4 is 10.2 Å². The molecule has 1 aromatic rings. The molecule has 22 heavy (non-hydrogen) atoms. The molecule has 2 atom stereocenters. The molecule has 0 bridgehead atoms. The van der Waals surface area contributed by atoms with E-state index in [2.05, 4.69) is 21.2 Å². The van der Waals surface area contributed by atoms with Crippen molar-refractivity contribution in [2.24, 2.45) is 5.92 Å². The Morgan fingerprint density at radius 1 is 1.36 bits per heavy atom. The number of halogens is 1. The van der Waals surface area contributed by atoms with E-state index in [9.17, 15) is 9.59 Å². The van der Waals surface area contributed by atoms with E-state index in [0.717, 1.165) is 29.7 Å². The van der Waals surface area contributed by atoms with Crippen molar-refractivity contribution < 1.29 is 9.59 Å². The third-order valence-corrected chi connectivity index (χ3v) is 5.25. The van der Waals surface area contributed by atoms with E-state index in [1.807, 2.05) is 31.3 Å². The lowest BCUT2D eigenvalue weighted by Crippen LogP contribution is -2.44. The number of hydrogen-bond acceptors (Lipinski definition) is 3. The normalized spacial score (nSPS) is 24.8. The highest BCUT2D eigenvalue weighted by atomic mass is 79.9. The second-order valence-electron chi connectivity index (χ2n) is 5.88. The minimum Gasteiger partial charge on any atom is -0.341 e. The van der Waals surface area contributed by atoms with Crippen LogP contribution >= 0.6 is 15.9 Å². The molecule has 118 valence electrons. The first kappa shape index (κ1) is 15.5. The molecule has 0 spiro atoms. The van der Waals surface area contributed by atoms with Crippen LogP contribution in [0.3, 0.4) is 0 Å². The van der Waals surface area contributed by atoms with Crippen molar-refractivity contribution in [2.75, 3.05) is 31.6 Å². The Morgan fingerprint density at radius 2 is 2.14 bits per heavy atom. The van der Waals surface area contributed by atoms with E-state index in [4.69, 9.17) is 0 Å². The van der Waals surface area contributed by atoms with Crippen LogP contribution in [-0.4, -0.2) is 49.4 Å². The number of nitrogens with one attached hydrogen (secondary N) is 1. The van der Waals surface area contributed by atoms with Gasteiger partial charge in [0.05, 0.1) is 5.69 Å². The number of carbonyl (C=O) groups excluding carboxylic acids is 2. The van der Waals surface area contributed by atoms with Gasteiger partial charge in [0.2, 0.25) is 11.8 Å². The molecule has 2 amide bonds. The minimum absolute atomic E-state index is 0.0479. The molecule has 5 nitrogen and oxygen atoms in total. The number of carbonyl (C=O) groups is 2. The number of hydrogen-bond donors (Lipinski definition) is 1. The maximum Gasteiger partial charge on any atom is 0.239 e. The molecule has 0 aliphatic carbocycles. The van der Waals surface area contributed by atoms with Crippen molar-refractivity contribution in [3.05, 3.63) is 28.7 Å². The Morgan fingerprint density at radius 3 is 2.82 bits per heavy atom. The Balaban J connectivity index is 1.73. The van der Waals surface area contributed by atoms with Crippen LogP contribution in [0, 0.1) is 5.92 Å². The van der Waals surface area contributed by atoms with Gasteiger partial charge in [-0.1, -0.05) is 12.1 Å². The summed E-state index contributed by atoms with van der Waals surface area (Å²) in [4.78, 5) is 28.8. The fourth-order valence-electron chi connectivity index (χ4n) is 3.21. The SMILES string of the molecule is CN(C(=O)C1CCN(c2ccccc2Br)C1=O)C1CCNC1. The van der Waals surface area contributed by atoms with Gasteiger partial charge in [-0.3, -0.25) is 9.59 Å². The summed E-state index contributed by atoms with van der Waals surface area (Å²) in [6.07, 6.45) is 1.54. The minimum atomic E-state index is -0.544. The van der Waals surface area contributed by atoms with E-state index in [-0.39, 0.29) is 17.9 Å². The Labute approximate surface area is 138 Å². The summed E-state index contributed by atoms with van der Waals surface area (Å²) in [6.45, 7) is 2.34. The number of nitrogens with zero attached hydrogens (tertiary/aromatic N) is 2. The van der Waals surface area contributed by atoms with E-state index in [1.54, 1.807) is 9.80 Å².